The third-order valence-corrected chi connectivity index (χ3v) is 2.96. The van der Waals surface area contributed by atoms with Crippen LogP contribution in [-0.4, -0.2) is 24.8 Å². The summed E-state index contributed by atoms with van der Waals surface area (Å²) in [4.78, 5) is -0.0283. The highest BCUT2D eigenvalue weighted by Gasteiger charge is 2.22. The van der Waals surface area contributed by atoms with Gasteiger partial charge in [0.15, 0.2) is 4.90 Å². The maximum absolute atomic E-state index is 11.1. The van der Waals surface area contributed by atoms with Gasteiger partial charge in [-0.15, -0.1) is 0 Å². The monoisotopic (exact) mass is 217 g/mol. The molecule has 1 aromatic rings. The van der Waals surface area contributed by atoms with Crippen molar-refractivity contribution in [2.24, 2.45) is 5.14 Å². The van der Waals surface area contributed by atoms with Crippen LogP contribution in [0, 0.1) is 0 Å². The number of nitrogens with two attached hydrogens (primary N) is 1. The van der Waals surface area contributed by atoms with Crippen molar-refractivity contribution in [3.63, 3.8) is 0 Å². The molecule has 1 aromatic heterocycles. The molecule has 0 bridgehead atoms. The van der Waals surface area contributed by atoms with Crippen LogP contribution in [-0.2, 0) is 16.6 Å². The zero-order valence-electron chi connectivity index (χ0n) is 7.51. The van der Waals surface area contributed by atoms with E-state index in [2.05, 4.69) is 5.10 Å². The number of sulfonamides is 1. The minimum atomic E-state index is -3.73. The predicted octanol–water partition coefficient (Wildman–Crippen LogP) is -0.297. The van der Waals surface area contributed by atoms with Gasteiger partial charge in [0.05, 0.1) is 12.8 Å². The van der Waals surface area contributed by atoms with Crippen molar-refractivity contribution in [2.45, 2.75) is 24.3 Å². The average molecular weight is 217 g/mol. The van der Waals surface area contributed by atoms with Gasteiger partial charge in [-0.2, -0.15) is 5.10 Å². The van der Waals surface area contributed by atoms with Gasteiger partial charge in [0.2, 0.25) is 15.9 Å². The minimum absolute atomic E-state index is 0.0283. The summed E-state index contributed by atoms with van der Waals surface area (Å²) in [6.07, 6.45) is 3.06. The van der Waals surface area contributed by atoms with Gasteiger partial charge in [-0.1, -0.05) is 0 Å². The lowest BCUT2D eigenvalue weighted by Crippen LogP contribution is -2.13. The van der Waals surface area contributed by atoms with E-state index in [1.807, 2.05) is 0 Å². The third-order valence-electron chi connectivity index (χ3n) is 2.07. The van der Waals surface area contributed by atoms with Crippen LogP contribution >= 0.6 is 0 Å². The minimum Gasteiger partial charge on any atom is -0.477 e. The van der Waals surface area contributed by atoms with E-state index < -0.39 is 10.0 Å². The maximum atomic E-state index is 11.1. The molecule has 78 valence electrons. The zero-order chi connectivity index (χ0) is 10.2. The average Bonchev–Trinajstić information content (AvgIpc) is 2.36. The highest BCUT2D eigenvalue weighted by atomic mass is 32.2. The fourth-order valence-electron chi connectivity index (χ4n) is 1.39. The highest BCUT2D eigenvalue weighted by Crippen LogP contribution is 2.24. The summed E-state index contributed by atoms with van der Waals surface area (Å²) in [5.41, 5.74) is 0. The second-order valence-corrected chi connectivity index (χ2v) is 4.67. The molecule has 0 saturated carbocycles. The lowest BCUT2D eigenvalue weighted by Gasteiger charge is -2.04. The van der Waals surface area contributed by atoms with Crippen LogP contribution in [0.15, 0.2) is 11.1 Å². The first-order valence-corrected chi connectivity index (χ1v) is 5.85. The summed E-state index contributed by atoms with van der Waals surface area (Å²) in [6, 6.07) is 0. The summed E-state index contributed by atoms with van der Waals surface area (Å²) >= 11 is 0. The van der Waals surface area contributed by atoms with E-state index in [0.717, 1.165) is 12.8 Å². The Labute approximate surface area is 81.7 Å². The van der Waals surface area contributed by atoms with Crippen LogP contribution in [0.4, 0.5) is 0 Å². The Morgan fingerprint density at radius 1 is 1.50 bits per heavy atom. The van der Waals surface area contributed by atoms with Crippen LogP contribution in [0.25, 0.3) is 0 Å². The van der Waals surface area contributed by atoms with Gasteiger partial charge in [-0.25, -0.2) is 18.2 Å². The van der Waals surface area contributed by atoms with Crippen LogP contribution in [0.3, 0.4) is 0 Å². The first kappa shape index (κ1) is 9.47. The Morgan fingerprint density at radius 2 is 2.29 bits per heavy atom. The van der Waals surface area contributed by atoms with E-state index in [0.29, 0.717) is 13.2 Å². The molecule has 1 aliphatic heterocycles. The van der Waals surface area contributed by atoms with E-state index >= 15 is 0 Å². The Bertz CT molecular complexity index is 437. The molecule has 6 nitrogen and oxygen atoms in total. The molecular formula is C7H11N3O3S. The van der Waals surface area contributed by atoms with Crippen LogP contribution in [0.1, 0.15) is 12.8 Å². The van der Waals surface area contributed by atoms with E-state index in [1.54, 1.807) is 0 Å². The van der Waals surface area contributed by atoms with Crippen molar-refractivity contribution < 1.29 is 13.2 Å². The number of fused-ring (bicyclic) bond motifs is 1. The molecule has 0 saturated heterocycles. The van der Waals surface area contributed by atoms with E-state index in [4.69, 9.17) is 9.88 Å². The number of ether oxygens (including phenoxy) is 1. The topological polar surface area (TPSA) is 87.2 Å². The zero-order valence-corrected chi connectivity index (χ0v) is 8.33. The van der Waals surface area contributed by atoms with Gasteiger partial charge >= 0.3 is 0 Å². The van der Waals surface area contributed by atoms with Crippen molar-refractivity contribution in [3.8, 4) is 5.88 Å². The molecule has 2 heterocycles. The van der Waals surface area contributed by atoms with Gasteiger partial charge in [-0.3, -0.25) is 0 Å². The second-order valence-electron chi connectivity index (χ2n) is 3.14. The first-order valence-electron chi connectivity index (χ1n) is 4.30. The molecule has 0 amide bonds. The fraction of sp³-hybridized carbons (Fsp3) is 0.571. The molecular weight excluding hydrogens is 206 g/mol. The highest BCUT2D eigenvalue weighted by molar-refractivity contribution is 7.89. The lowest BCUT2D eigenvalue weighted by molar-refractivity contribution is 0.295. The summed E-state index contributed by atoms with van der Waals surface area (Å²) in [5, 5.41) is 8.93. The van der Waals surface area contributed by atoms with Gasteiger partial charge in [-0.05, 0) is 12.8 Å². The predicted molar refractivity (Wildman–Crippen MR) is 48.3 cm³/mol. The quantitative estimate of drug-likeness (QED) is 0.699. The number of nitrogens with zero attached hydrogens (tertiary/aromatic N) is 2. The maximum Gasteiger partial charge on any atom is 0.245 e. The number of primary sulfonamides is 1. The van der Waals surface area contributed by atoms with Crippen molar-refractivity contribution in [3.05, 3.63) is 6.20 Å². The molecule has 0 aromatic carbocycles. The molecule has 2 rings (SSSR count). The van der Waals surface area contributed by atoms with E-state index in [-0.39, 0.29) is 10.8 Å². The molecule has 2 N–H and O–H groups in total. The molecule has 0 unspecified atom stereocenters. The summed E-state index contributed by atoms with van der Waals surface area (Å²) in [6.45, 7) is 1.18. The van der Waals surface area contributed by atoms with Crippen molar-refractivity contribution in [1.82, 2.24) is 9.78 Å². The Morgan fingerprint density at radius 3 is 3.00 bits per heavy atom. The molecule has 1 aliphatic rings. The Kier molecular flexibility index (Phi) is 2.20. The van der Waals surface area contributed by atoms with E-state index in [9.17, 15) is 8.42 Å². The smallest absolute Gasteiger partial charge is 0.245 e. The molecule has 0 radical (unpaired) electrons. The van der Waals surface area contributed by atoms with Gasteiger partial charge < -0.3 is 4.74 Å². The summed E-state index contributed by atoms with van der Waals surface area (Å²) < 4.78 is 29.1. The number of aryl methyl sites for hydroxylation is 1. The van der Waals surface area contributed by atoms with Gasteiger partial charge in [0.1, 0.15) is 0 Å². The summed E-state index contributed by atoms with van der Waals surface area (Å²) in [7, 11) is -3.73. The lowest BCUT2D eigenvalue weighted by atomic mass is 10.3. The van der Waals surface area contributed by atoms with Crippen molar-refractivity contribution >= 4 is 10.0 Å². The Balaban J connectivity index is 2.50. The molecule has 7 heteroatoms. The van der Waals surface area contributed by atoms with Gasteiger partial charge in [0, 0.05) is 6.54 Å². The second kappa shape index (κ2) is 3.25. The largest absolute Gasteiger partial charge is 0.477 e. The van der Waals surface area contributed by atoms with Crippen LogP contribution in [0.5, 0.6) is 5.88 Å². The normalized spacial score (nSPS) is 16.9. The van der Waals surface area contributed by atoms with Crippen LogP contribution in [0.2, 0.25) is 0 Å². The molecule has 0 aliphatic carbocycles. The number of hydrogen-bond donors (Lipinski definition) is 1. The molecule has 0 atom stereocenters. The van der Waals surface area contributed by atoms with Crippen LogP contribution < -0.4 is 9.88 Å². The van der Waals surface area contributed by atoms with E-state index in [1.165, 1.54) is 10.9 Å². The van der Waals surface area contributed by atoms with Crippen molar-refractivity contribution in [2.75, 3.05) is 6.61 Å². The SMILES string of the molecule is NS(=O)(=O)c1cnn2c1OCCCC2. The van der Waals surface area contributed by atoms with Gasteiger partial charge in [0.25, 0.3) is 0 Å². The number of hydrogen-bond acceptors (Lipinski definition) is 4. The fourth-order valence-corrected chi connectivity index (χ4v) is 1.99. The van der Waals surface area contributed by atoms with Crippen molar-refractivity contribution in [1.29, 1.82) is 0 Å². The Hall–Kier alpha value is -1.08. The first-order chi connectivity index (χ1) is 6.59. The molecule has 14 heavy (non-hydrogen) atoms. The number of aromatic nitrogens is 2. The standard InChI is InChI=1S/C7H11N3O3S/c8-14(11,12)6-5-9-10-3-1-2-4-13-7(6)10/h5H,1-4H2,(H2,8,11,12). The molecule has 0 fully saturated rings. The molecule has 0 spiro atoms. The third kappa shape index (κ3) is 1.60. The summed E-state index contributed by atoms with van der Waals surface area (Å²) in [5.74, 6) is 0.269. The number of rotatable bonds is 1.